The number of methoxy groups -OCH3 is 1. The summed E-state index contributed by atoms with van der Waals surface area (Å²) in [5, 5.41) is 0.370. The first-order chi connectivity index (χ1) is 6.56. The van der Waals surface area contributed by atoms with E-state index in [4.69, 9.17) is 11.6 Å². The zero-order valence-electron chi connectivity index (χ0n) is 7.26. The average Bonchev–Trinajstić information content (AvgIpc) is 2.19. The van der Waals surface area contributed by atoms with Gasteiger partial charge in [0.25, 0.3) is 0 Å². The second kappa shape index (κ2) is 4.75. The lowest BCUT2D eigenvalue weighted by atomic mass is 10.1. The Morgan fingerprint density at radius 2 is 2.29 bits per heavy atom. The standard InChI is InChI=1S/C9H7BrClFO2/c1-14-9(13)8(12)6-4-5(11)2-3-7(6)10/h2-4,8H,1H3. The quantitative estimate of drug-likeness (QED) is 0.778. The average molecular weight is 282 g/mol. The maximum atomic E-state index is 13.4. The second-order valence-electron chi connectivity index (χ2n) is 2.55. The summed E-state index contributed by atoms with van der Waals surface area (Å²) in [6.07, 6.45) is -1.81. The molecule has 0 spiro atoms. The number of hydrogen-bond donors (Lipinski definition) is 0. The molecule has 0 saturated carbocycles. The van der Waals surface area contributed by atoms with E-state index in [0.717, 1.165) is 7.11 Å². The topological polar surface area (TPSA) is 26.3 Å². The molecule has 0 aliphatic rings. The predicted molar refractivity (Wildman–Crippen MR) is 55.0 cm³/mol. The van der Waals surface area contributed by atoms with Crippen LogP contribution >= 0.6 is 27.5 Å². The molecule has 0 aromatic heterocycles. The lowest BCUT2D eigenvalue weighted by Crippen LogP contribution is -2.10. The van der Waals surface area contributed by atoms with Crippen molar-refractivity contribution in [2.45, 2.75) is 6.17 Å². The van der Waals surface area contributed by atoms with E-state index in [1.165, 1.54) is 6.07 Å². The number of alkyl halides is 1. The van der Waals surface area contributed by atoms with Gasteiger partial charge in [0.15, 0.2) is 0 Å². The van der Waals surface area contributed by atoms with Gasteiger partial charge in [0.2, 0.25) is 6.17 Å². The van der Waals surface area contributed by atoms with Gasteiger partial charge in [0.1, 0.15) is 0 Å². The van der Waals surface area contributed by atoms with Gasteiger partial charge in [-0.1, -0.05) is 27.5 Å². The molecule has 0 heterocycles. The van der Waals surface area contributed by atoms with Crippen LogP contribution in [0.25, 0.3) is 0 Å². The lowest BCUT2D eigenvalue weighted by Gasteiger charge is -2.08. The van der Waals surface area contributed by atoms with Gasteiger partial charge in [-0.05, 0) is 18.2 Å². The van der Waals surface area contributed by atoms with Crippen molar-refractivity contribution >= 4 is 33.5 Å². The Balaban J connectivity index is 3.05. The molecule has 76 valence electrons. The number of hydrogen-bond acceptors (Lipinski definition) is 2. The molecule has 0 N–H and O–H groups in total. The minimum atomic E-state index is -1.81. The first kappa shape index (κ1) is 11.5. The maximum absolute atomic E-state index is 13.4. The molecule has 2 nitrogen and oxygen atoms in total. The van der Waals surface area contributed by atoms with Crippen LogP contribution in [-0.4, -0.2) is 13.1 Å². The number of benzene rings is 1. The van der Waals surface area contributed by atoms with Crippen molar-refractivity contribution in [2.24, 2.45) is 0 Å². The summed E-state index contributed by atoms with van der Waals surface area (Å²) in [5.74, 6) is -0.937. The smallest absolute Gasteiger partial charge is 0.345 e. The molecule has 0 fully saturated rings. The Labute approximate surface area is 94.1 Å². The second-order valence-corrected chi connectivity index (χ2v) is 3.84. The van der Waals surface area contributed by atoms with Gasteiger partial charge in [-0.15, -0.1) is 0 Å². The van der Waals surface area contributed by atoms with E-state index in [2.05, 4.69) is 20.7 Å². The molecule has 0 saturated heterocycles. The predicted octanol–water partition coefficient (Wildman–Crippen LogP) is 3.29. The van der Waals surface area contributed by atoms with Gasteiger partial charge < -0.3 is 4.74 Å². The Morgan fingerprint density at radius 1 is 1.64 bits per heavy atom. The first-order valence-electron chi connectivity index (χ1n) is 3.73. The van der Waals surface area contributed by atoms with Crippen molar-refractivity contribution in [3.63, 3.8) is 0 Å². The molecule has 1 unspecified atom stereocenters. The highest BCUT2D eigenvalue weighted by Gasteiger charge is 2.22. The molecule has 0 aliphatic heterocycles. The largest absolute Gasteiger partial charge is 0.467 e. The number of carbonyl (C=O) groups is 1. The summed E-state index contributed by atoms with van der Waals surface area (Å²) in [6, 6.07) is 4.56. The number of halogens is 3. The Morgan fingerprint density at radius 3 is 2.86 bits per heavy atom. The van der Waals surface area contributed by atoms with E-state index in [0.29, 0.717) is 9.50 Å². The fourth-order valence-corrected chi connectivity index (χ4v) is 1.57. The third kappa shape index (κ3) is 2.45. The minimum absolute atomic E-state index is 0.171. The molecule has 0 radical (unpaired) electrons. The Kier molecular flexibility index (Phi) is 3.89. The van der Waals surface area contributed by atoms with Crippen molar-refractivity contribution in [3.8, 4) is 0 Å². The molecule has 5 heteroatoms. The number of rotatable bonds is 2. The highest BCUT2D eigenvalue weighted by Crippen LogP contribution is 2.29. The van der Waals surface area contributed by atoms with Crippen molar-refractivity contribution in [2.75, 3.05) is 7.11 Å². The van der Waals surface area contributed by atoms with E-state index in [9.17, 15) is 9.18 Å². The van der Waals surface area contributed by atoms with Crippen LogP contribution in [0, 0.1) is 0 Å². The van der Waals surface area contributed by atoms with Gasteiger partial charge in [-0.25, -0.2) is 9.18 Å². The zero-order valence-corrected chi connectivity index (χ0v) is 9.60. The van der Waals surface area contributed by atoms with Gasteiger partial charge in [-0.2, -0.15) is 0 Å². The molecule has 1 aromatic rings. The monoisotopic (exact) mass is 280 g/mol. The van der Waals surface area contributed by atoms with E-state index < -0.39 is 12.1 Å². The zero-order chi connectivity index (χ0) is 10.7. The fraction of sp³-hybridized carbons (Fsp3) is 0.222. The number of ether oxygens (including phenoxy) is 1. The molecule has 0 bridgehead atoms. The molecule has 1 atom stereocenters. The van der Waals surface area contributed by atoms with Crippen LogP contribution in [0.4, 0.5) is 4.39 Å². The van der Waals surface area contributed by atoms with E-state index in [1.54, 1.807) is 12.1 Å². The highest BCUT2D eigenvalue weighted by atomic mass is 79.9. The van der Waals surface area contributed by atoms with Crippen LogP contribution in [0.3, 0.4) is 0 Å². The van der Waals surface area contributed by atoms with Crippen molar-refractivity contribution < 1.29 is 13.9 Å². The normalized spacial score (nSPS) is 12.3. The van der Waals surface area contributed by atoms with Gasteiger partial charge >= 0.3 is 5.97 Å². The van der Waals surface area contributed by atoms with Crippen molar-refractivity contribution in [1.29, 1.82) is 0 Å². The molecule has 14 heavy (non-hydrogen) atoms. The summed E-state index contributed by atoms with van der Waals surface area (Å²) < 4.78 is 18.2. The van der Waals surface area contributed by atoms with E-state index in [-0.39, 0.29) is 5.56 Å². The molecule has 0 aliphatic carbocycles. The summed E-state index contributed by atoms with van der Waals surface area (Å²) in [4.78, 5) is 10.9. The summed E-state index contributed by atoms with van der Waals surface area (Å²) in [7, 11) is 1.13. The molecular weight excluding hydrogens is 274 g/mol. The molecule has 0 amide bonds. The summed E-state index contributed by atoms with van der Waals surface area (Å²) >= 11 is 8.79. The van der Waals surface area contributed by atoms with Crippen LogP contribution in [0.2, 0.25) is 5.02 Å². The minimum Gasteiger partial charge on any atom is -0.467 e. The third-order valence-corrected chi connectivity index (χ3v) is 2.60. The van der Waals surface area contributed by atoms with Crippen molar-refractivity contribution in [3.05, 3.63) is 33.3 Å². The van der Waals surface area contributed by atoms with Gasteiger partial charge in [-0.3, -0.25) is 0 Å². The van der Waals surface area contributed by atoms with Crippen LogP contribution in [0.1, 0.15) is 11.7 Å². The summed E-state index contributed by atoms with van der Waals surface area (Å²) in [5.41, 5.74) is 0.171. The lowest BCUT2D eigenvalue weighted by molar-refractivity contribution is -0.146. The maximum Gasteiger partial charge on any atom is 0.345 e. The third-order valence-electron chi connectivity index (χ3n) is 1.64. The van der Waals surface area contributed by atoms with Gasteiger partial charge in [0.05, 0.1) is 7.11 Å². The van der Waals surface area contributed by atoms with Crippen molar-refractivity contribution in [1.82, 2.24) is 0 Å². The van der Waals surface area contributed by atoms with E-state index in [1.807, 2.05) is 0 Å². The van der Waals surface area contributed by atoms with Crippen LogP contribution in [0.15, 0.2) is 22.7 Å². The van der Waals surface area contributed by atoms with Crippen LogP contribution in [0.5, 0.6) is 0 Å². The number of carbonyl (C=O) groups excluding carboxylic acids is 1. The molecular formula is C9H7BrClFO2. The molecule has 1 aromatic carbocycles. The first-order valence-corrected chi connectivity index (χ1v) is 4.90. The van der Waals surface area contributed by atoms with E-state index >= 15 is 0 Å². The Bertz CT molecular complexity index is 357. The number of esters is 1. The van der Waals surface area contributed by atoms with Crippen LogP contribution < -0.4 is 0 Å². The van der Waals surface area contributed by atoms with Gasteiger partial charge in [0, 0.05) is 15.1 Å². The fourth-order valence-electron chi connectivity index (χ4n) is 0.939. The molecule has 1 rings (SSSR count). The van der Waals surface area contributed by atoms with Crippen LogP contribution in [-0.2, 0) is 9.53 Å². The Hall–Kier alpha value is -0.610. The summed E-state index contributed by atoms with van der Waals surface area (Å²) in [6.45, 7) is 0. The SMILES string of the molecule is COC(=O)C(F)c1cc(Cl)ccc1Br. The highest BCUT2D eigenvalue weighted by molar-refractivity contribution is 9.10.